The van der Waals surface area contributed by atoms with Crippen LogP contribution in [0.4, 0.5) is 10.1 Å². The molecule has 0 aliphatic heterocycles. The van der Waals surface area contributed by atoms with Gasteiger partial charge in [-0.15, -0.1) is 4.91 Å². The molecule has 1 aromatic carbocycles. The number of carboxylic acid groups (broad SMARTS) is 1. The van der Waals surface area contributed by atoms with Crippen LogP contribution in [0.2, 0.25) is 0 Å². The first kappa shape index (κ1) is 15.8. The minimum atomic E-state index is -1.06. The Morgan fingerprint density at radius 2 is 2.25 bits per heavy atom. The normalized spacial score (nSPS) is 12.3. The summed E-state index contributed by atoms with van der Waals surface area (Å²) in [5.74, 6) is -1.79. The molecule has 108 valence electrons. The van der Waals surface area contributed by atoms with Gasteiger partial charge in [0.2, 0.25) is 0 Å². The van der Waals surface area contributed by atoms with Gasteiger partial charge >= 0.3 is 5.97 Å². The maximum Gasteiger partial charge on any atom is 0.327 e. The highest BCUT2D eigenvalue weighted by atomic mass is 19.1. The van der Waals surface area contributed by atoms with E-state index in [0.717, 1.165) is 17.5 Å². The number of halogens is 1. The van der Waals surface area contributed by atoms with E-state index in [1.165, 1.54) is 31.3 Å². The van der Waals surface area contributed by atoms with Crippen molar-refractivity contribution in [3.8, 4) is 0 Å². The molecule has 1 atom stereocenters. The van der Waals surface area contributed by atoms with Gasteiger partial charge in [0.25, 0.3) is 0 Å². The molecule has 0 heterocycles. The summed E-state index contributed by atoms with van der Waals surface area (Å²) in [6.07, 6.45) is 3.97. The largest absolute Gasteiger partial charge is 0.478 e. The molecule has 1 aromatic rings. The number of allylic oxidation sites excluding steroid dienone is 1. The average molecular weight is 280 g/mol. The number of nitrogens with zero attached hydrogens (tertiary/aromatic N) is 2. The molecular formula is C14H17FN2O3. The van der Waals surface area contributed by atoms with Gasteiger partial charge in [-0.3, -0.25) is 0 Å². The van der Waals surface area contributed by atoms with E-state index in [2.05, 4.69) is 5.29 Å². The van der Waals surface area contributed by atoms with E-state index >= 15 is 0 Å². The van der Waals surface area contributed by atoms with E-state index in [0.29, 0.717) is 17.7 Å². The summed E-state index contributed by atoms with van der Waals surface area (Å²) in [5.41, 5.74) is 1.02. The first-order valence-electron chi connectivity index (χ1n) is 6.27. The molecule has 0 bridgehead atoms. The van der Waals surface area contributed by atoms with Crippen molar-refractivity contribution in [2.24, 2.45) is 5.29 Å². The zero-order valence-electron chi connectivity index (χ0n) is 11.4. The number of anilines is 1. The highest BCUT2D eigenvalue weighted by Crippen LogP contribution is 2.32. The topological polar surface area (TPSA) is 70.0 Å². The van der Waals surface area contributed by atoms with Crippen molar-refractivity contribution < 1.29 is 14.3 Å². The van der Waals surface area contributed by atoms with Crippen LogP contribution in [0.3, 0.4) is 0 Å². The van der Waals surface area contributed by atoms with Crippen LogP contribution in [0.15, 0.2) is 35.6 Å². The van der Waals surface area contributed by atoms with Crippen LogP contribution in [0.25, 0.3) is 0 Å². The van der Waals surface area contributed by atoms with E-state index in [4.69, 9.17) is 5.11 Å². The summed E-state index contributed by atoms with van der Waals surface area (Å²) in [5, 5.41) is 12.6. The fourth-order valence-electron chi connectivity index (χ4n) is 2.03. The van der Waals surface area contributed by atoms with Crippen LogP contribution in [0.1, 0.15) is 31.2 Å². The molecule has 0 aliphatic carbocycles. The Kier molecular flexibility index (Phi) is 5.83. The first-order chi connectivity index (χ1) is 9.49. The molecule has 20 heavy (non-hydrogen) atoms. The van der Waals surface area contributed by atoms with E-state index < -0.39 is 11.8 Å². The van der Waals surface area contributed by atoms with Gasteiger partial charge in [0.05, 0.1) is 11.0 Å². The molecule has 0 amide bonds. The van der Waals surface area contributed by atoms with Crippen molar-refractivity contribution in [2.75, 3.05) is 12.1 Å². The lowest BCUT2D eigenvalue weighted by Gasteiger charge is -2.19. The zero-order chi connectivity index (χ0) is 15.1. The summed E-state index contributed by atoms with van der Waals surface area (Å²) in [6, 6.07) is 4.01. The molecule has 1 N–H and O–H groups in total. The van der Waals surface area contributed by atoms with Gasteiger partial charge in [0, 0.05) is 19.0 Å². The summed E-state index contributed by atoms with van der Waals surface area (Å²) in [6.45, 7) is 1.95. The highest BCUT2D eigenvalue weighted by molar-refractivity contribution is 5.80. The van der Waals surface area contributed by atoms with Crippen LogP contribution in [0.5, 0.6) is 0 Å². The van der Waals surface area contributed by atoms with E-state index in [1.807, 2.05) is 6.92 Å². The Morgan fingerprint density at radius 1 is 1.55 bits per heavy atom. The van der Waals surface area contributed by atoms with Crippen molar-refractivity contribution in [2.45, 2.75) is 25.7 Å². The first-order valence-corrected chi connectivity index (χ1v) is 6.27. The summed E-state index contributed by atoms with van der Waals surface area (Å²) in [7, 11) is 1.47. The maximum absolute atomic E-state index is 13.4. The SMILES string of the molecule is CCCC(C=CC(=O)O)c1cc(F)ccc1N(C)N=O. The van der Waals surface area contributed by atoms with Gasteiger partial charge in [0.15, 0.2) is 0 Å². The van der Waals surface area contributed by atoms with E-state index in [1.54, 1.807) is 0 Å². The van der Waals surface area contributed by atoms with Gasteiger partial charge in [-0.1, -0.05) is 19.4 Å². The maximum atomic E-state index is 13.4. The van der Waals surface area contributed by atoms with Crippen LogP contribution < -0.4 is 5.01 Å². The zero-order valence-corrected chi connectivity index (χ0v) is 11.4. The molecule has 0 fully saturated rings. The molecule has 1 unspecified atom stereocenters. The van der Waals surface area contributed by atoms with E-state index in [9.17, 15) is 14.1 Å². The molecule has 0 aliphatic rings. The summed E-state index contributed by atoms with van der Waals surface area (Å²) >= 11 is 0. The molecule has 0 saturated heterocycles. The number of benzene rings is 1. The Bertz CT molecular complexity index is 517. The van der Waals surface area contributed by atoms with Crippen LogP contribution in [-0.2, 0) is 4.79 Å². The predicted octanol–water partition coefficient (Wildman–Crippen LogP) is 3.47. The molecule has 5 nitrogen and oxygen atoms in total. The minimum Gasteiger partial charge on any atom is -0.478 e. The second-order valence-electron chi connectivity index (χ2n) is 4.40. The lowest BCUT2D eigenvalue weighted by Crippen LogP contribution is -2.12. The van der Waals surface area contributed by atoms with Crippen molar-refractivity contribution in [1.29, 1.82) is 0 Å². The van der Waals surface area contributed by atoms with Crippen molar-refractivity contribution >= 4 is 11.7 Å². The molecule has 0 aromatic heterocycles. The smallest absolute Gasteiger partial charge is 0.327 e. The Hall–Kier alpha value is -2.24. The fourth-order valence-corrected chi connectivity index (χ4v) is 2.03. The lowest BCUT2D eigenvalue weighted by molar-refractivity contribution is -0.131. The van der Waals surface area contributed by atoms with Gasteiger partial charge < -0.3 is 5.11 Å². The number of carbonyl (C=O) groups is 1. The fraction of sp³-hybridized carbons (Fsp3) is 0.357. The molecule has 0 radical (unpaired) electrons. The second-order valence-corrected chi connectivity index (χ2v) is 4.40. The monoisotopic (exact) mass is 280 g/mol. The number of hydrogen-bond donors (Lipinski definition) is 1. The third kappa shape index (κ3) is 4.15. The van der Waals surface area contributed by atoms with Gasteiger partial charge in [0.1, 0.15) is 5.82 Å². The Morgan fingerprint density at radius 3 is 2.80 bits per heavy atom. The minimum absolute atomic E-state index is 0.286. The number of carboxylic acids is 1. The standard InChI is InChI=1S/C14H17FN2O3/c1-3-4-10(5-8-14(18)19)12-9-11(15)6-7-13(12)17(2)16-20/h5-10H,3-4H2,1-2H3,(H,18,19). The average Bonchev–Trinajstić information content (AvgIpc) is 2.42. The highest BCUT2D eigenvalue weighted by Gasteiger charge is 2.16. The van der Waals surface area contributed by atoms with E-state index in [-0.39, 0.29) is 5.92 Å². The van der Waals surface area contributed by atoms with Crippen LogP contribution in [-0.4, -0.2) is 18.1 Å². The second kappa shape index (κ2) is 7.37. The third-order valence-corrected chi connectivity index (χ3v) is 2.93. The number of nitroso groups, excluding NO2 is 1. The molecule has 0 spiro atoms. The summed E-state index contributed by atoms with van der Waals surface area (Å²) in [4.78, 5) is 21.3. The Labute approximate surface area is 116 Å². The Balaban J connectivity index is 3.26. The molecule has 0 saturated carbocycles. The number of rotatable bonds is 7. The van der Waals surface area contributed by atoms with Crippen LogP contribution in [0, 0.1) is 10.7 Å². The predicted molar refractivity (Wildman–Crippen MR) is 75.0 cm³/mol. The number of aliphatic carboxylic acids is 1. The molecule has 6 heteroatoms. The van der Waals surface area contributed by atoms with Crippen molar-refractivity contribution in [1.82, 2.24) is 0 Å². The van der Waals surface area contributed by atoms with Crippen molar-refractivity contribution in [3.05, 3.63) is 46.6 Å². The number of hydrogen-bond acceptors (Lipinski definition) is 3. The van der Waals surface area contributed by atoms with Gasteiger partial charge in [-0.05, 0) is 30.2 Å². The van der Waals surface area contributed by atoms with Crippen molar-refractivity contribution in [3.63, 3.8) is 0 Å². The molecular weight excluding hydrogens is 263 g/mol. The lowest BCUT2D eigenvalue weighted by atomic mass is 9.92. The van der Waals surface area contributed by atoms with Gasteiger partial charge in [-0.25, -0.2) is 14.2 Å². The third-order valence-electron chi connectivity index (χ3n) is 2.93. The quantitative estimate of drug-likeness (QED) is 0.471. The van der Waals surface area contributed by atoms with Crippen LogP contribution >= 0.6 is 0 Å². The summed E-state index contributed by atoms with van der Waals surface area (Å²) < 4.78 is 13.4. The molecule has 1 rings (SSSR count). The van der Waals surface area contributed by atoms with Gasteiger partial charge in [-0.2, -0.15) is 0 Å².